The van der Waals surface area contributed by atoms with Crippen molar-refractivity contribution in [3.05, 3.63) is 57.2 Å². The lowest BCUT2D eigenvalue weighted by atomic mass is 10.2. The van der Waals surface area contributed by atoms with E-state index in [-0.39, 0.29) is 12.4 Å². The van der Waals surface area contributed by atoms with Crippen LogP contribution < -0.4 is 10.2 Å². The van der Waals surface area contributed by atoms with Gasteiger partial charge in [0.05, 0.1) is 5.02 Å². The summed E-state index contributed by atoms with van der Waals surface area (Å²) in [4.78, 5) is 6.63. The first-order valence-electron chi connectivity index (χ1n) is 7.15. The van der Waals surface area contributed by atoms with Gasteiger partial charge in [-0.15, -0.1) is 12.4 Å². The normalized spacial score (nSPS) is 17.2. The molecular weight excluding hydrogens is 376 g/mol. The molecule has 124 valence electrons. The predicted octanol–water partition coefficient (Wildman–Crippen LogP) is 4.83. The monoisotopic (exact) mass is 391 g/mol. The summed E-state index contributed by atoms with van der Waals surface area (Å²) in [5.74, 6) is 0.971. The van der Waals surface area contributed by atoms with Crippen LogP contribution in [0, 0.1) is 0 Å². The van der Waals surface area contributed by atoms with Crippen LogP contribution in [0.25, 0.3) is 0 Å². The van der Waals surface area contributed by atoms with Crippen molar-refractivity contribution in [3.63, 3.8) is 0 Å². The smallest absolute Gasteiger partial charge is 0.128 e. The highest BCUT2D eigenvalue weighted by atomic mass is 35.5. The van der Waals surface area contributed by atoms with Gasteiger partial charge in [0.1, 0.15) is 5.82 Å². The van der Waals surface area contributed by atoms with E-state index in [1.165, 1.54) is 0 Å². The molecule has 1 N–H and O–H groups in total. The van der Waals surface area contributed by atoms with Crippen molar-refractivity contribution in [2.75, 3.05) is 18.0 Å². The predicted molar refractivity (Wildman–Crippen MR) is 100 cm³/mol. The molecule has 1 aliphatic rings. The van der Waals surface area contributed by atoms with E-state index in [2.05, 4.69) is 15.2 Å². The topological polar surface area (TPSA) is 28.2 Å². The van der Waals surface area contributed by atoms with Crippen LogP contribution in [0.15, 0.2) is 36.5 Å². The van der Waals surface area contributed by atoms with E-state index in [9.17, 15) is 0 Å². The quantitative estimate of drug-likeness (QED) is 0.807. The molecule has 0 aliphatic carbocycles. The molecule has 7 heteroatoms. The summed E-state index contributed by atoms with van der Waals surface area (Å²) >= 11 is 18.0. The second-order valence-corrected chi connectivity index (χ2v) is 6.66. The Bertz CT molecular complexity index is 648. The summed E-state index contributed by atoms with van der Waals surface area (Å²) in [6.45, 7) is 2.66. The van der Waals surface area contributed by atoms with E-state index >= 15 is 0 Å². The number of halogens is 4. The Balaban J connectivity index is 0.00000192. The zero-order chi connectivity index (χ0) is 15.5. The van der Waals surface area contributed by atoms with E-state index in [0.29, 0.717) is 21.1 Å². The Morgan fingerprint density at radius 2 is 1.91 bits per heavy atom. The second kappa shape index (κ2) is 8.41. The van der Waals surface area contributed by atoms with Crippen LogP contribution in [0.5, 0.6) is 0 Å². The molecule has 2 aromatic rings. The zero-order valence-electron chi connectivity index (χ0n) is 12.3. The molecule has 0 amide bonds. The molecule has 0 saturated carbocycles. The van der Waals surface area contributed by atoms with Crippen LogP contribution in [0.1, 0.15) is 12.0 Å². The summed E-state index contributed by atoms with van der Waals surface area (Å²) in [5, 5.41) is 5.57. The number of nitrogens with zero attached hydrogens (tertiary/aromatic N) is 2. The number of nitrogens with one attached hydrogen (secondary N) is 1. The Kier molecular flexibility index (Phi) is 6.81. The third-order valence-corrected chi connectivity index (χ3v) is 4.63. The maximum absolute atomic E-state index is 6.20. The van der Waals surface area contributed by atoms with Gasteiger partial charge in [0.2, 0.25) is 0 Å². The first kappa shape index (κ1) is 18.6. The molecular formula is C16H17Cl4N3. The minimum Gasteiger partial charge on any atom is -0.355 e. The van der Waals surface area contributed by atoms with Crippen LogP contribution in [-0.4, -0.2) is 24.1 Å². The third kappa shape index (κ3) is 4.88. The van der Waals surface area contributed by atoms with Gasteiger partial charge in [-0.2, -0.15) is 0 Å². The van der Waals surface area contributed by atoms with Crippen molar-refractivity contribution in [2.45, 2.75) is 19.0 Å². The summed E-state index contributed by atoms with van der Waals surface area (Å²) in [6, 6.07) is 9.86. The van der Waals surface area contributed by atoms with Gasteiger partial charge in [-0.25, -0.2) is 4.98 Å². The highest BCUT2D eigenvalue weighted by Crippen LogP contribution is 2.22. The number of benzene rings is 1. The molecule has 1 aliphatic heterocycles. The minimum absolute atomic E-state index is 0. The van der Waals surface area contributed by atoms with Crippen molar-refractivity contribution in [1.29, 1.82) is 0 Å². The number of anilines is 1. The van der Waals surface area contributed by atoms with Gasteiger partial charge in [0.25, 0.3) is 0 Å². The highest BCUT2D eigenvalue weighted by Gasteiger charge is 2.23. The second-order valence-electron chi connectivity index (χ2n) is 5.38. The molecule has 0 bridgehead atoms. The Morgan fingerprint density at radius 1 is 1.13 bits per heavy atom. The van der Waals surface area contributed by atoms with Gasteiger partial charge in [0.15, 0.2) is 0 Å². The molecule has 1 atom stereocenters. The van der Waals surface area contributed by atoms with E-state index in [1.54, 1.807) is 12.3 Å². The van der Waals surface area contributed by atoms with E-state index in [1.807, 2.05) is 24.3 Å². The van der Waals surface area contributed by atoms with Gasteiger partial charge in [0, 0.05) is 41.9 Å². The van der Waals surface area contributed by atoms with Crippen LogP contribution in [0.2, 0.25) is 15.1 Å². The summed E-state index contributed by atoms with van der Waals surface area (Å²) in [7, 11) is 0. The average molecular weight is 393 g/mol. The molecule has 3 rings (SSSR count). The lowest BCUT2D eigenvalue weighted by molar-refractivity contribution is 0.551. The van der Waals surface area contributed by atoms with Crippen molar-refractivity contribution in [1.82, 2.24) is 10.3 Å². The van der Waals surface area contributed by atoms with Crippen LogP contribution in [0.3, 0.4) is 0 Å². The maximum atomic E-state index is 6.20. The first-order chi connectivity index (χ1) is 10.6. The van der Waals surface area contributed by atoms with Crippen LogP contribution in [-0.2, 0) is 6.54 Å². The van der Waals surface area contributed by atoms with Crippen LogP contribution >= 0.6 is 47.2 Å². The van der Waals surface area contributed by atoms with Gasteiger partial charge in [-0.05, 0) is 36.2 Å². The van der Waals surface area contributed by atoms with Crippen molar-refractivity contribution in [3.8, 4) is 0 Å². The van der Waals surface area contributed by atoms with E-state index < -0.39 is 0 Å². The lowest BCUT2D eigenvalue weighted by Gasteiger charge is -2.18. The average Bonchev–Trinajstić information content (AvgIpc) is 2.96. The van der Waals surface area contributed by atoms with Crippen molar-refractivity contribution >= 4 is 53.0 Å². The van der Waals surface area contributed by atoms with Gasteiger partial charge < -0.3 is 10.2 Å². The first-order valence-corrected chi connectivity index (χ1v) is 8.29. The molecule has 23 heavy (non-hydrogen) atoms. The molecule has 1 fully saturated rings. The number of rotatable bonds is 4. The summed E-state index contributed by atoms with van der Waals surface area (Å²) in [6.07, 6.45) is 2.76. The standard InChI is InChI=1S/C16H16Cl3N3.ClH/c17-12-2-1-11(15(19)7-12)8-20-14-5-6-22(10-14)16-4-3-13(18)9-21-16;/h1-4,7,9,14,20H,5-6,8,10H2;1H. The van der Waals surface area contributed by atoms with Crippen molar-refractivity contribution in [2.24, 2.45) is 0 Å². The fraction of sp³-hybridized carbons (Fsp3) is 0.312. The molecule has 3 nitrogen and oxygen atoms in total. The Morgan fingerprint density at radius 3 is 2.61 bits per heavy atom. The van der Waals surface area contributed by atoms with Crippen LogP contribution in [0.4, 0.5) is 5.82 Å². The fourth-order valence-corrected chi connectivity index (χ4v) is 3.20. The Hall–Kier alpha value is -0.710. The SMILES string of the molecule is Cl.Clc1ccc(N2CCC(NCc3ccc(Cl)cc3Cl)C2)nc1. The molecule has 0 radical (unpaired) electrons. The summed E-state index contributed by atoms with van der Waals surface area (Å²) < 4.78 is 0. The lowest BCUT2D eigenvalue weighted by Crippen LogP contribution is -2.32. The van der Waals surface area contributed by atoms with E-state index in [0.717, 1.165) is 37.4 Å². The largest absolute Gasteiger partial charge is 0.355 e. The number of hydrogen-bond donors (Lipinski definition) is 1. The van der Waals surface area contributed by atoms with Gasteiger partial charge in [-0.1, -0.05) is 40.9 Å². The molecule has 0 spiro atoms. The highest BCUT2D eigenvalue weighted by molar-refractivity contribution is 6.35. The number of pyridine rings is 1. The third-order valence-electron chi connectivity index (χ3n) is 3.82. The molecule has 1 saturated heterocycles. The molecule has 1 aromatic carbocycles. The fourth-order valence-electron chi connectivity index (χ4n) is 2.61. The minimum atomic E-state index is 0. The van der Waals surface area contributed by atoms with Gasteiger partial charge >= 0.3 is 0 Å². The zero-order valence-corrected chi connectivity index (χ0v) is 15.4. The number of aromatic nitrogens is 1. The molecule has 1 aromatic heterocycles. The number of hydrogen-bond acceptors (Lipinski definition) is 3. The summed E-state index contributed by atoms with van der Waals surface area (Å²) in [5.41, 5.74) is 1.06. The van der Waals surface area contributed by atoms with Gasteiger partial charge in [-0.3, -0.25) is 0 Å². The molecule has 2 heterocycles. The van der Waals surface area contributed by atoms with E-state index in [4.69, 9.17) is 34.8 Å². The molecule has 1 unspecified atom stereocenters. The Labute approximate surface area is 157 Å². The van der Waals surface area contributed by atoms with Crippen molar-refractivity contribution < 1.29 is 0 Å². The maximum Gasteiger partial charge on any atom is 0.128 e.